The van der Waals surface area contributed by atoms with Gasteiger partial charge in [-0.1, -0.05) is 29.8 Å². The fourth-order valence-corrected chi connectivity index (χ4v) is 2.53. The van der Waals surface area contributed by atoms with Crippen LogP contribution in [0, 0.1) is 13.8 Å². The largest absolute Gasteiger partial charge is 0.481 e. The fraction of sp³-hybridized carbons (Fsp3) is 0.200. The molecule has 1 aliphatic heterocycles. The Morgan fingerprint density at radius 2 is 1.84 bits per heavy atom. The normalized spacial score (nSPS) is 14.2. The Labute approximate surface area is 145 Å². The Morgan fingerprint density at radius 3 is 2.52 bits per heavy atom. The van der Waals surface area contributed by atoms with Crippen molar-refractivity contribution in [3.05, 3.63) is 64.4 Å². The van der Waals surface area contributed by atoms with Crippen LogP contribution in [-0.4, -0.2) is 25.5 Å². The van der Waals surface area contributed by atoms with Crippen molar-refractivity contribution in [2.45, 2.75) is 13.8 Å². The van der Waals surface area contributed by atoms with Gasteiger partial charge >= 0.3 is 5.97 Å². The minimum Gasteiger partial charge on any atom is -0.481 e. The first-order valence-corrected chi connectivity index (χ1v) is 7.83. The standard InChI is InChI=1S/C20H18O5/c1-12-4-6-14(7-5-12)10-17-19(22)15-8-9-16(13(2)20(15)25-17)24-11-18(21)23-3/h4-10H,11H2,1-3H3/b17-10-. The molecule has 0 aromatic heterocycles. The van der Waals surface area contributed by atoms with Gasteiger partial charge in [0.1, 0.15) is 11.5 Å². The number of aryl methyl sites for hydroxylation is 1. The number of hydrogen-bond acceptors (Lipinski definition) is 5. The molecule has 0 fully saturated rings. The Hall–Kier alpha value is -3.08. The van der Waals surface area contributed by atoms with Gasteiger partial charge in [0, 0.05) is 5.56 Å². The molecular formula is C20H18O5. The molecule has 0 bridgehead atoms. The van der Waals surface area contributed by atoms with E-state index in [9.17, 15) is 9.59 Å². The van der Waals surface area contributed by atoms with E-state index in [4.69, 9.17) is 9.47 Å². The number of carbonyl (C=O) groups excluding carboxylic acids is 2. The van der Waals surface area contributed by atoms with Crippen molar-refractivity contribution in [2.24, 2.45) is 0 Å². The molecule has 1 aliphatic rings. The molecule has 0 aliphatic carbocycles. The van der Waals surface area contributed by atoms with Gasteiger partial charge in [-0.15, -0.1) is 0 Å². The SMILES string of the molecule is COC(=O)COc1ccc2c(c1C)O/C(=C\c1ccc(C)cc1)C2=O. The maximum absolute atomic E-state index is 12.5. The number of allylic oxidation sites excluding steroid dienone is 1. The summed E-state index contributed by atoms with van der Waals surface area (Å²) in [6.45, 7) is 3.59. The van der Waals surface area contributed by atoms with E-state index in [2.05, 4.69) is 4.74 Å². The van der Waals surface area contributed by atoms with Crippen LogP contribution in [0.15, 0.2) is 42.2 Å². The van der Waals surface area contributed by atoms with Gasteiger partial charge in [0.25, 0.3) is 0 Å². The minimum atomic E-state index is -0.475. The lowest BCUT2D eigenvalue weighted by Crippen LogP contribution is -2.13. The molecule has 5 nitrogen and oxygen atoms in total. The quantitative estimate of drug-likeness (QED) is 0.631. The number of ketones is 1. The average Bonchev–Trinajstić information content (AvgIpc) is 2.93. The molecule has 0 saturated heterocycles. The molecule has 1 heterocycles. The van der Waals surface area contributed by atoms with E-state index >= 15 is 0 Å². The number of ether oxygens (including phenoxy) is 3. The zero-order chi connectivity index (χ0) is 18.0. The Morgan fingerprint density at radius 1 is 1.12 bits per heavy atom. The first-order chi connectivity index (χ1) is 12.0. The van der Waals surface area contributed by atoms with Crippen LogP contribution in [0.3, 0.4) is 0 Å². The zero-order valence-corrected chi connectivity index (χ0v) is 14.3. The summed E-state index contributed by atoms with van der Waals surface area (Å²) in [5.41, 5.74) is 3.19. The average molecular weight is 338 g/mol. The summed E-state index contributed by atoms with van der Waals surface area (Å²) in [7, 11) is 1.30. The van der Waals surface area contributed by atoms with E-state index in [0.717, 1.165) is 11.1 Å². The predicted octanol–water partition coefficient (Wildman–Crippen LogP) is 3.47. The molecule has 2 aromatic carbocycles. The summed E-state index contributed by atoms with van der Waals surface area (Å²) in [4.78, 5) is 23.8. The van der Waals surface area contributed by atoms with Gasteiger partial charge in [0.2, 0.25) is 5.78 Å². The highest BCUT2D eigenvalue weighted by Gasteiger charge is 2.30. The number of fused-ring (bicyclic) bond motifs is 1. The summed E-state index contributed by atoms with van der Waals surface area (Å²) < 4.78 is 15.8. The van der Waals surface area contributed by atoms with Gasteiger partial charge in [-0.2, -0.15) is 0 Å². The van der Waals surface area contributed by atoms with Gasteiger partial charge < -0.3 is 14.2 Å². The van der Waals surface area contributed by atoms with Crippen LogP contribution in [0.4, 0.5) is 0 Å². The monoisotopic (exact) mass is 338 g/mol. The molecule has 0 atom stereocenters. The third kappa shape index (κ3) is 3.40. The van der Waals surface area contributed by atoms with Crippen molar-refractivity contribution in [3.8, 4) is 11.5 Å². The summed E-state index contributed by atoms with van der Waals surface area (Å²) >= 11 is 0. The van der Waals surface area contributed by atoms with E-state index in [1.54, 1.807) is 25.1 Å². The third-order valence-electron chi connectivity index (χ3n) is 3.98. The van der Waals surface area contributed by atoms with E-state index < -0.39 is 5.97 Å². The number of benzene rings is 2. The molecule has 0 saturated carbocycles. The second-order valence-corrected chi connectivity index (χ2v) is 5.78. The topological polar surface area (TPSA) is 61.8 Å². The number of rotatable bonds is 4. The molecule has 128 valence electrons. The first kappa shape index (κ1) is 16.8. The van der Waals surface area contributed by atoms with Gasteiger partial charge in [0.05, 0.1) is 12.7 Å². The summed E-state index contributed by atoms with van der Waals surface area (Å²) in [6.07, 6.45) is 1.72. The molecule has 0 radical (unpaired) electrons. The molecule has 0 unspecified atom stereocenters. The smallest absolute Gasteiger partial charge is 0.343 e. The minimum absolute atomic E-state index is 0.168. The molecule has 5 heteroatoms. The van der Waals surface area contributed by atoms with Crippen LogP contribution >= 0.6 is 0 Å². The number of hydrogen-bond donors (Lipinski definition) is 0. The van der Waals surface area contributed by atoms with Crippen molar-refractivity contribution < 1.29 is 23.8 Å². The number of esters is 1. The number of Topliss-reactive ketones (excluding diaryl/α,β-unsaturated/α-hetero) is 1. The van der Waals surface area contributed by atoms with Crippen molar-refractivity contribution in [2.75, 3.05) is 13.7 Å². The van der Waals surface area contributed by atoms with Crippen molar-refractivity contribution in [1.29, 1.82) is 0 Å². The molecular weight excluding hydrogens is 320 g/mol. The van der Waals surface area contributed by atoms with Crippen LogP contribution in [-0.2, 0) is 9.53 Å². The van der Waals surface area contributed by atoms with E-state index in [1.807, 2.05) is 31.2 Å². The highest BCUT2D eigenvalue weighted by atomic mass is 16.6. The fourth-order valence-electron chi connectivity index (χ4n) is 2.53. The summed E-state index contributed by atoms with van der Waals surface area (Å²) in [5, 5.41) is 0. The Kier molecular flexibility index (Phi) is 4.57. The first-order valence-electron chi connectivity index (χ1n) is 7.83. The lowest BCUT2D eigenvalue weighted by Gasteiger charge is -2.10. The highest BCUT2D eigenvalue weighted by molar-refractivity contribution is 6.14. The zero-order valence-electron chi connectivity index (χ0n) is 14.3. The van der Waals surface area contributed by atoms with Crippen LogP contribution < -0.4 is 9.47 Å². The molecule has 0 N–H and O–H groups in total. The maximum Gasteiger partial charge on any atom is 0.343 e. The van der Waals surface area contributed by atoms with Crippen LogP contribution in [0.2, 0.25) is 0 Å². The van der Waals surface area contributed by atoms with Crippen LogP contribution in [0.5, 0.6) is 11.5 Å². The molecule has 0 amide bonds. The van der Waals surface area contributed by atoms with E-state index in [0.29, 0.717) is 22.6 Å². The van der Waals surface area contributed by atoms with Crippen molar-refractivity contribution in [1.82, 2.24) is 0 Å². The van der Waals surface area contributed by atoms with E-state index in [-0.39, 0.29) is 18.1 Å². The highest BCUT2D eigenvalue weighted by Crippen LogP contribution is 2.39. The third-order valence-corrected chi connectivity index (χ3v) is 3.98. The molecule has 25 heavy (non-hydrogen) atoms. The van der Waals surface area contributed by atoms with Crippen LogP contribution in [0.25, 0.3) is 6.08 Å². The van der Waals surface area contributed by atoms with E-state index in [1.165, 1.54) is 7.11 Å². The predicted molar refractivity (Wildman–Crippen MR) is 92.8 cm³/mol. The van der Waals surface area contributed by atoms with Gasteiger partial charge in [-0.3, -0.25) is 4.79 Å². The second kappa shape index (κ2) is 6.81. The lowest BCUT2D eigenvalue weighted by atomic mass is 10.1. The Balaban J connectivity index is 1.86. The maximum atomic E-state index is 12.5. The summed E-state index contributed by atoms with van der Waals surface area (Å²) in [5.74, 6) is 0.571. The number of carbonyl (C=O) groups is 2. The van der Waals surface area contributed by atoms with Crippen LogP contribution in [0.1, 0.15) is 27.0 Å². The van der Waals surface area contributed by atoms with Gasteiger partial charge in [0.15, 0.2) is 12.4 Å². The Bertz CT molecular complexity index is 862. The number of methoxy groups -OCH3 is 1. The second-order valence-electron chi connectivity index (χ2n) is 5.78. The van der Waals surface area contributed by atoms with Crippen molar-refractivity contribution in [3.63, 3.8) is 0 Å². The molecule has 3 rings (SSSR count). The molecule has 0 spiro atoms. The van der Waals surface area contributed by atoms with Gasteiger partial charge in [-0.25, -0.2) is 4.79 Å². The van der Waals surface area contributed by atoms with Crippen molar-refractivity contribution >= 4 is 17.8 Å². The lowest BCUT2D eigenvalue weighted by molar-refractivity contribution is -0.142. The van der Waals surface area contributed by atoms with Gasteiger partial charge in [-0.05, 0) is 37.6 Å². The summed E-state index contributed by atoms with van der Waals surface area (Å²) in [6, 6.07) is 11.1. The molecule has 2 aromatic rings.